The van der Waals surface area contributed by atoms with Crippen molar-refractivity contribution < 1.29 is 4.79 Å². The number of nitrogens with zero attached hydrogens (tertiary/aromatic N) is 1. The van der Waals surface area contributed by atoms with Crippen molar-refractivity contribution in [2.45, 2.75) is 26.7 Å². The van der Waals surface area contributed by atoms with Crippen molar-refractivity contribution in [1.29, 1.82) is 0 Å². The minimum absolute atomic E-state index is 0.276. The Bertz CT molecular complexity index is 182. The van der Waals surface area contributed by atoms with Gasteiger partial charge in [-0.3, -0.25) is 4.79 Å². The Labute approximate surface area is 86.1 Å². The van der Waals surface area contributed by atoms with Crippen LogP contribution < -0.4 is 0 Å². The number of hydrogen-bond acceptors (Lipinski definition) is 2. The minimum atomic E-state index is 0.276. The molecule has 1 atom stereocenters. The normalized spacial score (nSPS) is 22.8. The van der Waals surface area contributed by atoms with Gasteiger partial charge in [0.1, 0.15) is 0 Å². The molecule has 1 rings (SSSR count). The van der Waals surface area contributed by atoms with Crippen molar-refractivity contribution >= 4 is 18.5 Å². The molecule has 0 bridgehead atoms. The van der Waals surface area contributed by atoms with E-state index in [1.807, 2.05) is 4.90 Å². The highest BCUT2D eigenvalue weighted by Gasteiger charge is 2.27. The first-order valence-electron chi connectivity index (χ1n) is 5.03. The van der Waals surface area contributed by atoms with Crippen LogP contribution in [-0.4, -0.2) is 29.6 Å². The van der Waals surface area contributed by atoms with Gasteiger partial charge in [-0.05, 0) is 24.0 Å². The van der Waals surface area contributed by atoms with Crippen molar-refractivity contribution in [3.05, 3.63) is 0 Å². The lowest BCUT2D eigenvalue weighted by atomic mass is 9.95. The van der Waals surface area contributed by atoms with Gasteiger partial charge in [-0.2, -0.15) is 12.6 Å². The van der Waals surface area contributed by atoms with Gasteiger partial charge < -0.3 is 4.90 Å². The third-order valence-corrected chi connectivity index (χ3v) is 3.07. The molecule has 3 heteroatoms. The first kappa shape index (κ1) is 10.9. The summed E-state index contributed by atoms with van der Waals surface area (Å²) in [4.78, 5) is 13.5. The molecule has 1 aliphatic heterocycles. The highest BCUT2D eigenvalue weighted by molar-refractivity contribution is 7.80. The van der Waals surface area contributed by atoms with Crippen molar-refractivity contribution in [3.63, 3.8) is 0 Å². The van der Waals surface area contributed by atoms with Crippen LogP contribution in [0.15, 0.2) is 0 Å². The zero-order chi connectivity index (χ0) is 9.84. The molecule has 1 heterocycles. The lowest BCUT2D eigenvalue weighted by Gasteiger charge is -2.17. The average Bonchev–Trinajstić information content (AvgIpc) is 2.52. The summed E-state index contributed by atoms with van der Waals surface area (Å²) in [7, 11) is 0. The molecule has 0 aromatic rings. The van der Waals surface area contributed by atoms with Gasteiger partial charge in [-0.1, -0.05) is 13.8 Å². The van der Waals surface area contributed by atoms with Gasteiger partial charge >= 0.3 is 0 Å². The largest absolute Gasteiger partial charge is 0.342 e. The maximum Gasteiger partial charge on any atom is 0.223 e. The number of carbonyl (C=O) groups is 1. The zero-order valence-electron chi connectivity index (χ0n) is 8.49. The second-order valence-corrected chi connectivity index (χ2v) is 4.55. The number of amides is 1. The topological polar surface area (TPSA) is 20.3 Å². The lowest BCUT2D eigenvalue weighted by Crippen LogP contribution is -2.29. The molecule has 0 aliphatic carbocycles. The zero-order valence-corrected chi connectivity index (χ0v) is 9.39. The minimum Gasteiger partial charge on any atom is -0.342 e. The molecule has 1 aliphatic rings. The Morgan fingerprint density at radius 2 is 2.31 bits per heavy atom. The fourth-order valence-electron chi connectivity index (χ4n) is 1.81. The fourth-order valence-corrected chi connectivity index (χ4v) is 2.00. The predicted octanol–water partition coefficient (Wildman–Crippen LogP) is 1.81. The molecule has 1 saturated heterocycles. The lowest BCUT2D eigenvalue weighted by molar-refractivity contribution is -0.129. The number of thiol groups is 1. The van der Waals surface area contributed by atoms with E-state index in [-0.39, 0.29) is 5.91 Å². The molecule has 0 spiro atoms. The molecule has 1 amide bonds. The van der Waals surface area contributed by atoms with Crippen LogP contribution in [-0.2, 0) is 4.79 Å². The van der Waals surface area contributed by atoms with E-state index in [1.165, 1.54) is 6.42 Å². The maximum atomic E-state index is 11.5. The molecule has 0 radical (unpaired) electrons. The standard InChI is InChI=1S/C10H19NOS/c1-8(2)9-3-5-11(7-9)10(12)4-6-13/h8-9,13H,3-7H2,1-2H3. The van der Waals surface area contributed by atoms with E-state index in [1.54, 1.807) is 0 Å². The Morgan fingerprint density at radius 3 is 2.77 bits per heavy atom. The van der Waals surface area contributed by atoms with E-state index < -0.39 is 0 Å². The summed E-state index contributed by atoms with van der Waals surface area (Å²) < 4.78 is 0. The van der Waals surface area contributed by atoms with Crippen LogP contribution in [0, 0.1) is 11.8 Å². The van der Waals surface area contributed by atoms with Crippen LogP contribution >= 0.6 is 12.6 Å². The molecule has 0 aromatic heterocycles. The molecular formula is C10H19NOS. The molecule has 1 fully saturated rings. The van der Waals surface area contributed by atoms with Crippen LogP contribution in [0.25, 0.3) is 0 Å². The van der Waals surface area contributed by atoms with Crippen molar-refractivity contribution in [2.75, 3.05) is 18.8 Å². The third-order valence-electron chi connectivity index (χ3n) is 2.85. The second-order valence-electron chi connectivity index (χ2n) is 4.11. The van der Waals surface area contributed by atoms with Crippen LogP contribution in [0.2, 0.25) is 0 Å². The van der Waals surface area contributed by atoms with Gasteiger partial charge in [0.05, 0.1) is 0 Å². The number of rotatable bonds is 3. The van der Waals surface area contributed by atoms with E-state index in [4.69, 9.17) is 0 Å². The van der Waals surface area contributed by atoms with E-state index >= 15 is 0 Å². The number of carbonyl (C=O) groups excluding carboxylic acids is 1. The fraction of sp³-hybridized carbons (Fsp3) is 0.900. The van der Waals surface area contributed by atoms with Gasteiger partial charge in [-0.25, -0.2) is 0 Å². The summed E-state index contributed by atoms with van der Waals surface area (Å²) in [6.45, 7) is 6.38. The summed E-state index contributed by atoms with van der Waals surface area (Å²) in [6, 6.07) is 0. The Hall–Kier alpha value is -0.180. The summed E-state index contributed by atoms with van der Waals surface area (Å²) in [5.74, 6) is 2.36. The van der Waals surface area contributed by atoms with E-state index in [0.29, 0.717) is 24.0 Å². The van der Waals surface area contributed by atoms with Gasteiger partial charge in [-0.15, -0.1) is 0 Å². The van der Waals surface area contributed by atoms with E-state index in [9.17, 15) is 4.79 Å². The quantitative estimate of drug-likeness (QED) is 0.691. The van der Waals surface area contributed by atoms with Crippen LogP contribution in [0.4, 0.5) is 0 Å². The summed E-state index contributed by atoms with van der Waals surface area (Å²) in [6.07, 6.45) is 1.77. The molecule has 2 nitrogen and oxygen atoms in total. The SMILES string of the molecule is CC(C)C1CCN(C(=O)CCS)C1. The smallest absolute Gasteiger partial charge is 0.223 e. The maximum absolute atomic E-state index is 11.5. The number of likely N-dealkylation sites (tertiary alicyclic amines) is 1. The monoisotopic (exact) mass is 201 g/mol. The summed E-state index contributed by atoms with van der Waals surface area (Å²) in [5, 5.41) is 0. The molecule has 1 unspecified atom stereocenters. The van der Waals surface area contributed by atoms with Crippen LogP contribution in [0.3, 0.4) is 0 Å². The van der Waals surface area contributed by atoms with Gasteiger partial charge in [0.2, 0.25) is 5.91 Å². The summed E-state index contributed by atoms with van der Waals surface area (Å²) >= 11 is 4.07. The Morgan fingerprint density at radius 1 is 1.62 bits per heavy atom. The predicted molar refractivity (Wildman–Crippen MR) is 58.0 cm³/mol. The highest BCUT2D eigenvalue weighted by Crippen LogP contribution is 2.23. The molecule has 0 aromatic carbocycles. The van der Waals surface area contributed by atoms with Gasteiger partial charge in [0.15, 0.2) is 0 Å². The first-order valence-corrected chi connectivity index (χ1v) is 5.67. The molecule has 13 heavy (non-hydrogen) atoms. The van der Waals surface area contributed by atoms with Gasteiger partial charge in [0, 0.05) is 19.5 Å². The Kier molecular flexibility index (Phi) is 4.10. The third kappa shape index (κ3) is 2.90. The van der Waals surface area contributed by atoms with Crippen molar-refractivity contribution in [2.24, 2.45) is 11.8 Å². The summed E-state index contributed by atoms with van der Waals surface area (Å²) in [5.41, 5.74) is 0. The van der Waals surface area contributed by atoms with Gasteiger partial charge in [0.25, 0.3) is 0 Å². The van der Waals surface area contributed by atoms with Crippen molar-refractivity contribution in [3.8, 4) is 0 Å². The first-order chi connectivity index (χ1) is 6.15. The second kappa shape index (κ2) is 4.89. The average molecular weight is 201 g/mol. The molecule has 0 N–H and O–H groups in total. The van der Waals surface area contributed by atoms with Crippen LogP contribution in [0.5, 0.6) is 0 Å². The highest BCUT2D eigenvalue weighted by atomic mass is 32.1. The molecule has 0 saturated carbocycles. The van der Waals surface area contributed by atoms with E-state index in [0.717, 1.165) is 13.1 Å². The molecular weight excluding hydrogens is 182 g/mol. The van der Waals surface area contributed by atoms with E-state index in [2.05, 4.69) is 26.5 Å². The molecule has 76 valence electrons. The number of hydrogen-bond donors (Lipinski definition) is 1. The van der Waals surface area contributed by atoms with Crippen LogP contribution in [0.1, 0.15) is 26.7 Å². The Balaban J connectivity index is 2.36. The van der Waals surface area contributed by atoms with Crippen molar-refractivity contribution in [1.82, 2.24) is 4.90 Å².